The van der Waals surface area contributed by atoms with Gasteiger partial charge in [-0.25, -0.2) is 19.2 Å². The summed E-state index contributed by atoms with van der Waals surface area (Å²) in [7, 11) is 4.52. The lowest BCUT2D eigenvalue weighted by atomic mass is 10.4. The van der Waals surface area contributed by atoms with E-state index in [2.05, 4.69) is 18.9 Å². The lowest BCUT2D eigenvalue weighted by Crippen LogP contribution is -2.43. The van der Waals surface area contributed by atoms with E-state index < -0.39 is 32.3 Å². The lowest BCUT2D eigenvalue weighted by molar-refractivity contribution is -0.154. The van der Waals surface area contributed by atoms with Gasteiger partial charge in [-0.05, 0) is 21.6 Å². The van der Waals surface area contributed by atoms with E-state index in [0.717, 1.165) is 28.4 Å². The van der Waals surface area contributed by atoms with Crippen molar-refractivity contribution in [3.63, 3.8) is 0 Å². The van der Waals surface area contributed by atoms with E-state index in [9.17, 15) is 19.2 Å². The van der Waals surface area contributed by atoms with Gasteiger partial charge < -0.3 is 18.9 Å². The van der Waals surface area contributed by atoms with E-state index in [1.807, 2.05) is 0 Å². The summed E-state index contributed by atoms with van der Waals surface area (Å²) in [6, 6.07) is 0. The predicted octanol–water partition coefficient (Wildman–Crippen LogP) is 0.930. The summed E-state index contributed by atoms with van der Waals surface area (Å²) in [4.78, 5) is 46.7. The van der Waals surface area contributed by atoms with Crippen LogP contribution in [0.5, 0.6) is 0 Å². The molecule has 0 aromatic heterocycles. The smallest absolute Gasteiger partial charge is 0.350 e. The molecule has 22 heavy (non-hydrogen) atoms. The summed E-state index contributed by atoms with van der Waals surface area (Å²) < 4.78 is 12.8. The van der Waals surface area contributed by atoms with Gasteiger partial charge in [0.2, 0.25) is 0 Å². The van der Waals surface area contributed by atoms with Crippen molar-refractivity contribution in [1.82, 2.24) is 0 Å². The first-order valence-electron chi connectivity index (χ1n) is 5.22. The molecule has 0 aliphatic rings. The normalized spacial score (nSPS) is 11.4. The molecule has 8 nitrogen and oxygen atoms in total. The van der Waals surface area contributed by atoms with Gasteiger partial charge in [-0.2, -0.15) is 0 Å². The van der Waals surface area contributed by atoms with E-state index in [0.29, 0.717) is 0 Å². The number of carbonyl (C=O) groups is 4. The molecule has 0 radical (unpaired) electrons. The largest absolute Gasteiger partial charge is 0.467 e. The second-order valence-corrected chi connectivity index (χ2v) is 7.46. The molecule has 0 aliphatic heterocycles. The van der Waals surface area contributed by atoms with Crippen LogP contribution in [-0.4, -0.2) is 60.7 Å². The third-order valence-electron chi connectivity index (χ3n) is 2.06. The van der Waals surface area contributed by atoms with Crippen LogP contribution in [0.25, 0.3) is 0 Å². The summed E-state index contributed by atoms with van der Waals surface area (Å²) in [6.07, 6.45) is 0. The van der Waals surface area contributed by atoms with Crippen LogP contribution in [0.2, 0.25) is 0 Å². The van der Waals surface area contributed by atoms with Crippen LogP contribution in [0.15, 0.2) is 0 Å². The number of rotatable bonds is 7. The van der Waals surface area contributed by atoms with Gasteiger partial charge in [-0.15, -0.1) is 0 Å². The number of hydrogen-bond acceptors (Lipinski definition) is 10. The van der Waals surface area contributed by atoms with Crippen LogP contribution < -0.4 is 0 Å². The van der Waals surface area contributed by atoms with Crippen molar-refractivity contribution in [2.24, 2.45) is 0 Å². The molecule has 0 spiro atoms. The zero-order chi connectivity index (χ0) is 17.6. The van der Waals surface area contributed by atoms with E-state index in [1.54, 1.807) is 0 Å². The van der Waals surface area contributed by atoms with Crippen molar-refractivity contribution in [2.75, 3.05) is 28.4 Å². The fourth-order valence-electron chi connectivity index (χ4n) is 0.943. The molecule has 0 heterocycles. The second kappa shape index (κ2) is 8.70. The Morgan fingerprint density at radius 2 is 0.818 bits per heavy atom. The number of esters is 4. The Hall–Kier alpha value is -0.840. The van der Waals surface area contributed by atoms with Gasteiger partial charge in [0.05, 0.1) is 28.4 Å². The molecule has 0 atom stereocenters. The molecule has 0 aromatic rings. The molecule has 0 bridgehead atoms. The molecule has 0 aliphatic carbocycles. The number of ether oxygens (including phenoxy) is 4. The van der Waals surface area contributed by atoms with Crippen LogP contribution in [-0.2, 0) is 38.1 Å². The molecular weight excluding hydrogens is 383 g/mol. The molecular formula is C10H12Cl2O8S2. The zero-order valence-corrected chi connectivity index (χ0v) is 15.0. The van der Waals surface area contributed by atoms with E-state index in [1.165, 1.54) is 0 Å². The fourth-order valence-corrected chi connectivity index (χ4v) is 4.16. The topological polar surface area (TPSA) is 105 Å². The van der Waals surface area contributed by atoms with Crippen molar-refractivity contribution >= 4 is 68.7 Å². The van der Waals surface area contributed by atoms with Crippen molar-refractivity contribution in [3.8, 4) is 0 Å². The molecule has 0 rings (SSSR count). The minimum atomic E-state index is -2.38. The quantitative estimate of drug-likeness (QED) is 0.203. The highest BCUT2D eigenvalue weighted by Gasteiger charge is 2.55. The highest BCUT2D eigenvalue weighted by atomic mass is 35.5. The first-order chi connectivity index (χ1) is 10.1. The van der Waals surface area contributed by atoms with Gasteiger partial charge in [0.25, 0.3) is 8.41 Å². The Kier molecular flexibility index (Phi) is 8.37. The minimum Gasteiger partial charge on any atom is -0.467 e. The van der Waals surface area contributed by atoms with Gasteiger partial charge >= 0.3 is 23.9 Å². The van der Waals surface area contributed by atoms with Gasteiger partial charge in [-0.1, -0.05) is 23.2 Å². The van der Waals surface area contributed by atoms with Gasteiger partial charge in [0.1, 0.15) is 0 Å². The monoisotopic (exact) mass is 394 g/mol. The number of hydrogen-bond donors (Lipinski definition) is 0. The maximum Gasteiger partial charge on any atom is 0.350 e. The Labute approximate surface area is 143 Å². The third-order valence-corrected chi connectivity index (χ3v) is 6.65. The Morgan fingerprint density at radius 3 is 0.955 bits per heavy atom. The Morgan fingerprint density at radius 1 is 0.636 bits per heavy atom. The molecule has 0 amide bonds. The van der Waals surface area contributed by atoms with Crippen molar-refractivity contribution in [1.29, 1.82) is 0 Å². The highest BCUT2D eigenvalue weighted by molar-refractivity contribution is 8.79. The van der Waals surface area contributed by atoms with Crippen LogP contribution in [0.1, 0.15) is 0 Å². The molecule has 0 saturated carbocycles. The Bertz CT molecular complexity index is 396. The molecule has 0 saturated heterocycles. The van der Waals surface area contributed by atoms with E-state index in [4.69, 9.17) is 23.2 Å². The van der Waals surface area contributed by atoms with E-state index in [-0.39, 0.29) is 21.6 Å². The fraction of sp³-hybridized carbons (Fsp3) is 0.600. The number of carbonyl (C=O) groups excluding carboxylic acids is 4. The standard InChI is InChI=1S/C10H12Cl2O8S2/c1-17-5(13)9(11,6(14)18-2)21-22-10(12,7(15)19-3)8(16)20-4/h1-4H3. The maximum atomic E-state index is 11.7. The summed E-state index contributed by atoms with van der Waals surface area (Å²) in [6.45, 7) is 0. The lowest BCUT2D eigenvalue weighted by Gasteiger charge is -2.25. The highest BCUT2D eigenvalue weighted by Crippen LogP contribution is 2.50. The van der Waals surface area contributed by atoms with Crippen molar-refractivity contribution in [3.05, 3.63) is 0 Å². The number of alkyl halides is 2. The third kappa shape index (κ3) is 4.34. The van der Waals surface area contributed by atoms with Gasteiger partial charge in [-0.3, -0.25) is 0 Å². The van der Waals surface area contributed by atoms with Crippen LogP contribution >= 0.6 is 44.8 Å². The zero-order valence-electron chi connectivity index (χ0n) is 11.8. The van der Waals surface area contributed by atoms with Gasteiger partial charge in [0, 0.05) is 0 Å². The van der Waals surface area contributed by atoms with E-state index >= 15 is 0 Å². The average Bonchev–Trinajstić information content (AvgIpc) is 2.55. The summed E-state index contributed by atoms with van der Waals surface area (Å²) in [5, 5.41) is 0. The van der Waals surface area contributed by atoms with Crippen molar-refractivity contribution in [2.45, 2.75) is 8.41 Å². The molecule has 12 heteroatoms. The minimum absolute atomic E-state index is 0.283. The SMILES string of the molecule is COC(=O)C(Cl)(SSC(Cl)(C(=O)OC)C(=O)OC)C(=O)OC. The first kappa shape index (κ1) is 21.2. The summed E-state index contributed by atoms with van der Waals surface area (Å²) >= 11 is 11.7. The number of halogens is 2. The van der Waals surface area contributed by atoms with Crippen LogP contribution in [0.4, 0.5) is 0 Å². The van der Waals surface area contributed by atoms with Crippen LogP contribution in [0, 0.1) is 0 Å². The molecule has 0 fully saturated rings. The van der Waals surface area contributed by atoms with Crippen LogP contribution in [0.3, 0.4) is 0 Å². The molecule has 0 N–H and O–H groups in total. The summed E-state index contributed by atoms with van der Waals surface area (Å²) in [5.74, 6) is -4.70. The average molecular weight is 395 g/mol. The first-order valence-corrected chi connectivity index (χ1v) is 8.12. The van der Waals surface area contributed by atoms with Crippen molar-refractivity contribution < 1.29 is 38.1 Å². The predicted molar refractivity (Wildman–Crippen MR) is 80.4 cm³/mol. The number of methoxy groups -OCH3 is 4. The Balaban J connectivity index is 5.48. The molecule has 0 unspecified atom stereocenters. The molecule has 0 aromatic carbocycles. The summed E-state index contributed by atoms with van der Waals surface area (Å²) in [5.41, 5.74) is 0. The second-order valence-electron chi connectivity index (χ2n) is 3.32. The molecule has 126 valence electrons. The maximum absolute atomic E-state index is 11.7. The van der Waals surface area contributed by atoms with Gasteiger partial charge in [0.15, 0.2) is 0 Å².